The molecule has 0 unspecified atom stereocenters. The number of para-hydroxylation sites is 1. The van der Waals surface area contributed by atoms with Crippen molar-refractivity contribution in [1.82, 2.24) is 9.47 Å². The van der Waals surface area contributed by atoms with Gasteiger partial charge in [-0.15, -0.1) is 0 Å². The van der Waals surface area contributed by atoms with Crippen LogP contribution in [0.5, 0.6) is 0 Å². The van der Waals surface area contributed by atoms with Crippen LogP contribution in [0.25, 0.3) is 10.9 Å². The van der Waals surface area contributed by atoms with Crippen molar-refractivity contribution in [3.8, 4) is 0 Å². The number of ketones is 2. The number of nitrogens with zero attached hydrogens (tertiary/aromatic N) is 2. The normalized spacial score (nSPS) is 22.5. The lowest BCUT2D eigenvalue weighted by Gasteiger charge is -2.52. The fourth-order valence-corrected chi connectivity index (χ4v) is 9.08. The van der Waals surface area contributed by atoms with Gasteiger partial charge in [0.15, 0.2) is 11.6 Å². The van der Waals surface area contributed by atoms with E-state index >= 15 is 0 Å². The molecule has 0 bridgehead atoms. The summed E-state index contributed by atoms with van der Waals surface area (Å²) in [7, 11) is 0. The maximum Gasteiger partial charge on any atom is 0.162 e. The van der Waals surface area contributed by atoms with Crippen LogP contribution in [-0.2, 0) is 16.1 Å². The minimum Gasteiger partial charge on any atom is -0.345 e. The van der Waals surface area contributed by atoms with Crippen LogP contribution in [0.3, 0.4) is 0 Å². The average molecular weight is 589 g/mol. The number of benzene rings is 2. The summed E-state index contributed by atoms with van der Waals surface area (Å²) >= 11 is 0. The van der Waals surface area contributed by atoms with Crippen molar-refractivity contribution in [1.29, 1.82) is 0 Å². The van der Waals surface area contributed by atoms with Crippen LogP contribution in [-0.4, -0.2) is 27.1 Å². The number of hydrogen-bond donors (Lipinski definition) is 0. The Morgan fingerprint density at radius 3 is 1.91 bits per heavy atom. The van der Waals surface area contributed by atoms with Crippen molar-refractivity contribution in [2.24, 2.45) is 10.8 Å². The Labute approximate surface area is 263 Å². The third kappa shape index (κ3) is 5.08. The first-order valence-electron chi connectivity index (χ1n) is 16.9. The maximum atomic E-state index is 14.4. The van der Waals surface area contributed by atoms with Gasteiger partial charge in [-0.1, -0.05) is 94.5 Å². The summed E-state index contributed by atoms with van der Waals surface area (Å²) in [6.45, 7) is 14.1. The number of Topliss-reactive ketones (excluding diaryl/α,β-unsaturated/α-hetero) is 2. The van der Waals surface area contributed by atoms with Crippen molar-refractivity contribution in [2.45, 2.75) is 118 Å². The third-order valence-electron chi connectivity index (χ3n) is 10.7. The second-order valence-corrected chi connectivity index (χ2v) is 15.9. The molecule has 2 heterocycles. The molecule has 3 aromatic rings. The third-order valence-corrected chi connectivity index (χ3v) is 10.7. The van der Waals surface area contributed by atoms with Crippen molar-refractivity contribution in [2.75, 3.05) is 0 Å². The molecule has 2 aromatic carbocycles. The lowest BCUT2D eigenvalue weighted by atomic mass is 9.63. The van der Waals surface area contributed by atoms with Crippen LogP contribution in [0.4, 0.5) is 0 Å². The first-order valence-corrected chi connectivity index (χ1v) is 16.9. The Morgan fingerprint density at radius 2 is 1.32 bits per heavy atom. The fourth-order valence-electron chi connectivity index (χ4n) is 9.08. The second kappa shape index (κ2) is 10.6. The van der Waals surface area contributed by atoms with Gasteiger partial charge in [0.05, 0.1) is 0 Å². The zero-order valence-corrected chi connectivity index (χ0v) is 27.6. The first-order chi connectivity index (χ1) is 20.9. The molecule has 1 fully saturated rings. The van der Waals surface area contributed by atoms with E-state index in [0.29, 0.717) is 18.9 Å². The highest BCUT2D eigenvalue weighted by Gasteiger charge is 2.50. The minimum absolute atomic E-state index is 0.101. The predicted octanol–water partition coefficient (Wildman–Crippen LogP) is 9.32. The minimum atomic E-state index is -0.308. The quantitative estimate of drug-likeness (QED) is 0.305. The van der Waals surface area contributed by atoms with Gasteiger partial charge in [-0.05, 0) is 67.6 Å². The second-order valence-electron chi connectivity index (χ2n) is 15.9. The van der Waals surface area contributed by atoms with Gasteiger partial charge in [-0.25, -0.2) is 0 Å². The summed E-state index contributed by atoms with van der Waals surface area (Å²) in [5, 5.41) is 1.15. The number of hydrogen-bond acceptors (Lipinski definition) is 3. The molecule has 0 radical (unpaired) electrons. The summed E-state index contributed by atoms with van der Waals surface area (Å²) in [6, 6.07) is 15.7. The maximum absolute atomic E-state index is 14.4. The van der Waals surface area contributed by atoms with Crippen molar-refractivity contribution in [3.05, 3.63) is 93.5 Å². The van der Waals surface area contributed by atoms with E-state index in [1.54, 1.807) is 0 Å². The molecule has 3 aliphatic carbocycles. The molecule has 230 valence electrons. The lowest BCUT2D eigenvalue weighted by Crippen LogP contribution is -2.48. The standard InChI is InChI=1S/C40H48N2O2/c1-25-16-26(2)18-27(17-25)23-41-24-30(29-14-10-11-15-31(29)41)36-37-32(19-39(3,4)21-34(37)43)42(28-12-8-7-9-13-28)33-20-40(5,6)22-35(44)38(33)36/h10-11,14-18,24,28,36H,7-9,12-13,19-23H2,1-6H3. The molecule has 1 saturated carbocycles. The molecule has 0 N–H and O–H groups in total. The van der Waals surface area contributed by atoms with Crippen LogP contribution in [0.2, 0.25) is 0 Å². The van der Waals surface area contributed by atoms with E-state index in [-0.39, 0.29) is 28.3 Å². The van der Waals surface area contributed by atoms with Gasteiger partial charge in [0.1, 0.15) is 0 Å². The Balaban J connectivity index is 1.47. The topological polar surface area (TPSA) is 42.3 Å². The number of rotatable bonds is 4. The summed E-state index contributed by atoms with van der Waals surface area (Å²) in [5.41, 5.74) is 10.1. The molecule has 7 rings (SSSR count). The van der Waals surface area contributed by atoms with Crippen LogP contribution in [0, 0.1) is 24.7 Å². The number of allylic oxidation sites excluding steroid dienone is 4. The summed E-state index contributed by atoms with van der Waals surface area (Å²) in [5.74, 6) is 0.159. The Bertz CT molecular complexity index is 1670. The highest BCUT2D eigenvalue weighted by molar-refractivity contribution is 6.08. The van der Waals surface area contributed by atoms with Gasteiger partial charge < -0.3 is 9.47 Å². The largest absolute Gasteiger partial charge is 0.345 e. The van der Waals surface area contributed by atoms with Crippen LogP contribution in [0.1, 0.15) is 114 Å². The molecule has 4 heteroatoms. The zero-order valence-electron chi connectivity index (χ0n) is 27.6. The van der Waals surface area contributed by atoms with Gasteiger partial charge >= 0.3 is 0 Å². The molecule has 44 heavy (non-hydrogen) atoms. The summed E-state index contributed by atoms with van der Waals surface area (Å²) in [4.78, 5) is 31.5. The lowest BCUT2D eigenvalue weighted by molar-refractivity contribution is -0.119. The molecule has 4 aliphatic rings. The number of aromatic nitrogens is 1. The number of aryl methyl sites for hydroxylation is 2. The monoisotopic (exact) mass is 588 g/mol. The summed E-state index contributed by atoms with van der Waals surface area (Å²) in [6.07, 6.45) is 11.1. The molecule has 1 aromatic heterocycles. The van der Waals surface area contributed by atoms with E-state index in [1.165, 1.54) is 47.3 Å². The fraction of sp³-hybridized carbons (Fsp3) is 0.500. The summed E-state index contributed by atoms with van der Waals surface area (Å²) < 4.78 is 2.35. The number of carbonyl (C=O) groups excluding carboxylic acids is 2. The molecule has 0 spiro atoms. The van der Waals surface area contributed by atoms with Crippen molar-refractivity contribution in [3.63, 3.8) is 0 Å². The highest BCUT2D eigenvalue weighted by Crippen LogP contribution is 2.56. The van der Waals surface area contributed by atoms with Crippen LogP contribution < -0.4 is 0 Å². The van der Waals surface area contributed by atoms with Gasteiger partial charge in [-0.2, -0.15) is 0 Å². The van der Waals surface area contributed by atoms with Gasteiger partial charge in [0, 0.05) is 71.0 Å². The SMILES string of the molecule is Cc1cc(C)cc(Cn2cc(C3C4=C(CC(C)(C)CC4=O)N(C4CCCCC4)C4=C3C(=O)CC(C)(C)C4)c3ccccc32)c1. The highest BCUT2D eigenvalue weighted by atomic mass is 16.1. The smallest absolute Gasteiger partial charge is 0.162 e. The molecular weight excluding hydrogens is 540 g/mol. The molecule has 1 aliphatic heterocycles. The van der Waals surface area contributed by atoms with Crippen LogP contribution in [0.15, 0.2) is 71.2 Å². The van der Waals surface area contributed by atoms with Gasteiger partial charge in [-0.3, -0.25) is 9.59 Å². The van der Waals surface area contributed by atoms with Gasteiger partial charge in [0.25, 0.3) is 0 Å². The van der Waals surface area contributed by atoms with E-state index in [9.17, 15) is 9.59 Å². The van der Waals surface area contributed by atoms with E-state index in [4.69, 9.17) is 0 Å². The Kier molecular flexibility index (Phi) is 7.06. The van der Waals surface area contributed by atoms with Crippen LogP contribution >= 0.6 is 0 Å². The molecule has 0 saturated heterocycles. The Hall–Kier alpha value is -3.40. The molecular formula is C40H48N2O2. The van der Waals surface area contributed by atoms with E-state index in [0.717, 1.165) is 59.8 Å². The molecule has 0 atom stereocenters. The van der Waals surface area contributed by atoms with E-state index in [1.807, 2.05) is 0 Å². The van der Waals surface area contributed by atoms with E-state index in [2.05, 4.69) is 99.7 Å². The number of carbonyl (C=O) groups is 2. The molecule has 4 nitrogen and oxygen atoms in total. The van der Waals surface area contributed by atoms with Crippen molar-refractivity contribution >= 4 is 22.5 Å². The molecule has 0 amide bonds. The zero-order chi connectivity index (χ0) is 31.0. The Morgan fingerprint density at radius 1 is 0.750 bits per heavy atom. The van der Waals surface area contributed by atoms with Crippen molar-refractivity contribution < 1.29 is 9.59 Å². The number of fused-ring (bicyclic) bond motifs is 1. The predicted molar refractivity (Wildman–Crippen MR) is 179 cm³/mol. The van der Waals surface area contributed by atoms with E-state index < -0.39 is 0 Å². The average Bonchev–Trinajstić information content (AvgIpc) is 3.28. The van der Waals surface area contributed by atoms with Gasteiger partial charge in [0.2, 0.25) is 0 Å². The first kappa shape index (κ1) is 29.3.